The van der Waals surface area contributed by atoms with E-state index in [0.29, 0.717) is 20.9 Å². The van der Waals surface area contributed by atoms with Crippen molar-refractivity contribution in [3.63, 3.8) is 0 Å². The summed E-state index contributed by atoms with van der Waals surface area (Å²) in [7, 11) is 0. The number of amides is 3. The number of carbonyl (C=O) groups is 4. The minimum absolute atomic E-state index is 0.101. The third kappa shape index (κ3) is 3.84. The van der Waals surface area contributed by atoms with Gasteiger partial charge in [-0.25, -0.2) is 9.69 Å². The smallest absolute Gasteiger partial charge is 0.338 e. The van der Waals surface area contributed by atoms with Crippen molar-refractivity contribution in [1.29, 1.82) is 0 Å². The minimum atomic E-state index is -0.734. The number of ether oxygens (including phenoxy) is 1. The molecule has 2 bridgehead atoms. The van der Waals surface area contributed by atoms with E-state index in [1.165, 1.54) is 22.6 Å². The van der Waals surface area contributed by atoms with Gasteiger partial charge in [-0.05, 0) is 77.5 Å². The van der Waals surface area contributed by atoms with Crippen LogP contribution in [0.2, 0.25) is 5.02 Å². The topological polar surface area (TPSA) is 92.8 Å². The van der Waals surface area contributed by atoms with Crippen molar-refractivity contribution < 1.29 is 23.9 Å². The Morgan fingerprint density at radius 2 is 1.91 bits per heavy atom. The largest absolute Gasteiger partial charge is 0.452 e. The molecule has 4 atom stereocenters. The quantitative estimate of drug-likeness (QED) is 0.338. The number of rotatable bonds is 5. The van der Waals surface area contributed by atoms with Crippen molar-refractivity contribution in [3.05, 3.63) is 69.2 Å². The Hall–Kier alpha value is -2.97. The Morgan fingerprint density at radius 3 is 2.68 bits per heavy atom. The summed E-state index contributed by atoms with van der Waals surface area (Å²) in [6.07, 6.45) is 2.97. The predicted octanol–water partition coefficient (Wildman–Crippen LogP) is 4.60. The van der Waals surface area contributed by atoms with E-state index in [4.69, 9.17) is 16.3 Å². The van der Waals surface area contributed by atoms with Gasteiger partial charge in [0, 0.05) is 10.2 Å². The zero-order valence-electron chi connectivity index (χ0n) is 18.1. The van der Waals surface area contributed by atoms with Crippen LogP contribution in [-0.4, -0.2) is 30.3 Å². The fourth-order valence-electron chi connectivity index (χ4n) is 5.29. The molecular formula is C25H20BrClN2O5. The van der Waals surface area contributed by atoms with Crippen LogP contribution in [0.5, 0.6) is 0 Å². The monoisotopic (exact) mass is 542 g/mol. The fraction of sp³-hybridized carbons (Fsp3) is 0.280. The average Bonchev–Trinajstić information content (AvgIpc) is 3.45. The second kappa shape index (κ2) is 8.67. The molecule has 1 heterocycles. The minimum Gasteiger partial charge on any atom is -0.452 e. The van der Waals surface area contributed by atoms with E-state index in [1.807, 2.05) is 6.92 Å². The molecule has 174 valence electrons. The third-order valence-electron chi connectivity index (χ3n) is 6.76. The van der Waals surface area contributed by atoms with Gasteiger partial charge in [0.1, 0.15) is 0 Å². The Balaban J connectivity index is 1.25. The molecule has 1 N–H and O–H groups in total. The van der Waals surface area contributed by atoms with Crippen LogP contribution in [0.3, 0.4) is 0 Å². The average molecular weight is 544 g/mol. The van der Waals surface area contributed by atoms with Gasteiger partial charge in [0.2, 0.25) is 11.8 Å². The summed E-state index contributed by atoms with van der Waals surface area (Å²) in [5.74, 6) is -2.13. The SMILES string of the molecule is CC1=C[C@H]2C[C@H]1[C@H]1C(=O)N(c3cccc(C(=O)OCC(=O)Nc4ccc(Br)c(Cl)c4)c3)C(=O)[C@H]12. The highest BCUT2D eigenvalue weighted by Gasteiger charge is 2.60. The zero-order chi connectivity index (χ0) is 24.1. The number of hydrogen-bond donors (Lipinski definition) is 1. The highest BCUT2D eigenvalue weighted by Crippen LogP contribution is 2.55. The second-order valence-electron chi connectivity index (χ2n) is 8.78. The van der Waals surface area contributed by atoms with Gasteiger partial charge in [-0.2, -0.15) is 0 Å². The van der Waals surface area contributed by atoms with Crippen molar-refractivity contribution in [3.8, 4) is 0 Å². The summed E-state index contributed by atoms with van der Waals surface area (Å²) in [4.78, 5) is 52.2. The molecule has 9 heteroatoms. The molecule has 3 aliphatic rings. The number of nitrogens with one attached hydrogen (secondary N) is 1. The summed E-state index contributed by atoms with van der Waals surface area (Å²) >= 11 is 9.29. The van der Waals surface area contributed by atoms with Gasteiger partial charge in [-0.15, -0.1) is 0 Å². The molecule has 0 radical (unpaired) electrons. The van der Waals surface area contributed by atoms with Crippen LogP contribution in [0.25, 0.3) is 0 Å². The molecule has 5 rings (SSSR count). The van der Waals surface area contributed by atoms with E-state index in [1.54, 1.807) is 30.3 Å². The first-order valence-electron chi connectivity index (χ1n) is 10.8. The lowest BCUT2D eigenvalue weighted by atomic mass is 9.82. The number of benzene rings is 2. The molecule has 2 fully saturated rings. The summed E-state index contributed by atoms with van der Waals surface area (Å²) in [5, 5.41) is 3.03. The second-order valence-corrected chi connectivity index (χ2v) is 10.0. The highest BCUT2D eigenvalue weighted by molar-refractivity contribution is 9.10. The summed E-state index contributed by atoms with van der Waals surface area (Å²) in [6, 6.07) is 11.1. The number of esters is 1. The number of hydrogen-bond acceptors (Lipinski definition) is 5. The molecule has 0 aromatic heterocycles. The standard InChI is InChI=1S/C25H20BrClN2O5/c1-12-7-14-9-17(12)22-21(14)23(31)29(24(22)32)16-4-2-3-13(8-16)25(33)34-11-20(30)28-15-5-6-18(26)19(27)10-15/h2-8,10,14,17,21-22H,9,11H2,1H3,(H,28,30)/t14-,17+,21-,22+/m0/s1. The first-order chi connectivity index (χ1) is 16.2. The van der Waals surface area contributed by atoms with Crippen molar-refractivity contribution in [2.24, 2.45) is 23.7 Å². The Labute approximate surface area is 209 Å². The van der Waals surface area contributed by atoms with E-state index < -0.39 is 18.5 Å². The maximum atomic E-state index is 13.1. The van der Waals surface area contributed by atoms with Gasteiger partial charge in [-0.3, -0.25) is 14.4 Å². The first-order valence-corrected chi connectivity index (χ1v) is 12.0. The van der Waals surface area contributed by atoms with Crippen molar-refractivity contribution in [1.82, 2.24) is 0 Å². The van der Waals surface area contributed by atoms with E-state index in [9.17, 15) is 19.2 Å². The maximum Gasteiger partial charge on any atom is 0.338 e. The lowest BCUT2D eigenvalue weighted by molar-refractivity contribution is -0.123. The number of anilines is 2. The first kappa shape index (κ1) is 22.8. The Morgan fingerprint density at radius 1 is 1.15 bits per heavy atom. The van der Waals surface area contributed by atoms with Crippen LogP contribution >= 0.6 is 27.5 Å². The predicted molar refractivity (Wildman–Crippen MR) is 129 cm³/mol. The van der Waals surface area contributed by atoms with E-state index >= 15 is 0 Å². The Kier molecular flexibility index (Phi) is 5.81. The normalized spacial score (nSPS) is 24.8. The van der Waals surface area contributed by atoms with E-state index in [-0.39, 0.29) is 41.0 Å². The Bertz CT molecular complexity index is 1280. The molecule has 0 unspecified atom stereocenters. The molecule has 3 amide bonds. The maximum absolute atomic E-state index is 13.1. The molecule has 2 aliphatic carbocycles. The van der Waals surface area contributed by atoms with E-state index in [0.717, 1.165) is 6.42 Å². The molecule has 7 nitrogen and oxygen atoms in total. The lowest BCUT2D eigenvalue weighted by Gasteiger charge is -2.19. The van der Waals surface area contributed by atoms with Gasteiger partial charge in [0.25, 0.3) is 5.91 Å². The molecule has 34 heavy (non-hydrogen) atoms. The number of halogens is 2. The van der Waals surface area contributed by atoms with Crippen molar-refractivity contribution in [2.45, 2.75) is 13.3 Å². The zero-order valence-corrected chi connectivity index (χ0v) is 20.4. The van der Waals surface area contributed by atoms with Gasteiger partial charge in [0.05, 0.1) is 28.1 Å². The third-order valence-corrected chi connectivity index (χ3v) is 7.99. The number of allylic oxidation sites excluding steroid dienone is 2. The van der Waals surface area contributed by atoms with Crippen LogP contribution in [0.4, 0.5) is 11.4 Å². The molecule has 1 saturated carbocycles. The van der Waals surface area contributed by atoms with Crippen LogP contribution in [-0.2, 0) is 19.1 Å². The highest BCUT2D eigenvalue weighted by atomic mass is 79.9. The summed E-state index contributed by atoms with van der Waals surface area (Å²) < 4.78 is 5.82. The van der Waals surface area contributed by atoms with Crippen LogP contribution in [0.15, 0.2) is 58.6 Å². The van der Waals surface area contributed by atoms with Crippen molar-refractivity contribution in [2.75, 3.05) is 16.8 Å². The van der Waals surface area contributed by atoms with Gasteiger partial charge in [0.15, 0.2) is 6.61 Å². The van der Waals surface area contributed by atoms with E-state index in [2.05, 4.69) is 27.3 Å². The molecule has 1 saturated heterocycles. The molecule has 2 aromatic rings. The van der Waals surface area contributed by atoms with Gasteiger partial charge >= 0.3 is 5.97 Å². The molecular weight excluding hydrogens is 524 g/mol. The van der Waals surface area contributed by atoms with Crippen molar-refractivity contribution >= 4 is 62.6 Å². The summed E-state index contributed by atoms with van der Waals surface area (Å²) in [6.45, 7) is 1.51. The van der Waals surface area contributed by atoms with Gasteiger partial charge in [-0.1, -0.05) is 29.3 Å². The summed E-state index contributed by atoms with van der Waals surface area (Å²) in [5.41, 5.74) is 2.12. The van der Waals surface area contributed by atoms with Crippen LogP contribution in [0.1, 0.15) is 23.7 Å². The fourth-order valence-corrected chi connectivity index (χ4v) is 5.71. The van der Waals surface area contributed by atoms with Gasteiger partial charge < -0.3 is 10.1 Å². The number of fused-ring (bicyclic) bond motifs is 5. The number of carbonyl (C=O) groups excluding carboxylic acids is 4. The lowest BCUT2D eigenvalue weighted by Crippen LogP contribution is -2.33. The number of nitrogens with zero attached hydrogens (tertiary/aromatic N) is 1. The van der Waals surface area contributed by atoms with Crippen LogP contribution < -0.4 is 10.2 Å². The molecule has 2 aromatic carbocycles. The number of imide groups is 1. The molecule has 1 aliphatic heterocycles. The van der Waals surface area contributed by atoms with Crippen LogP contribution in [0, 0.1) is 23.7 Å². The molecule has 0 spiro atoms.